The number of rotatable bonds is 3. The topological polar surface area (TPSA) is 41.6 Å². The van der Waals surface area contributed by atoms with E-state index in [-0.39, 0.29) is 6.09 Å². The lowest BCUT2D eigenvalue weighted by molar-refractivity contribution is 0.181. The summed E-state index contributed by atoms with van der Waals surface area (Å²) >= 11 is 0. The van der Waals surface area contributed by atoms with Gasteiger partial charge in [-0.15, -0.1) is 0 Å². The van der Waals surface area contributed by atoms with E-state index in [0.717, 1.165) is 11.4 Å². The summed E-state index contributed by atoms with van der Waals surface area (Å²) in [6.07, 6.45) is 4.88. The second-order valence-corrected chi connectivity index (χ2v) is 4.94. The Labute approximate surface area is 107 Å². The van der Waals surface area contributed by atoms with Crippen molar-refractivity contribution in [2.45, 2.75) is 31.7 Å². The zero-order valence-corrected chi connectivity index (χ0v) is 10.4. The minimum absolute atomic E-state index is 0.243. The van der Waals surface area contributed by atoms with Crippen LogP contribution >= 0.6 is 0 Å². The van der Waals surface area contributed by atoms with Gasteiger partial charge in [-0.3, -0.25) is 4.90 Å². The molecule has 1 aromatic carbocycles. The smallest absolute Gasteiger partial charge is 0.414 e. The average Bonchev–Trinajstić information content (AvgIpc) is 3.01. The van der Waals surface area contributed by atoms with E-state index < -0.39 is 0 Å². The SMILES string of the molecule is O=C1OCCN1c1cccc(NC2CCCC2)c1. The first-order valence-corrected chi connectivity index (χ1v) is 6.64. The summed E-state index contributed by atoms with van der Waals surface area (Å²) in [6.45, 7) is 1.13. The predicted molar refractivity (Wildman–Crippen MR) is 71.0 cm³/mol. The molecule has 4 nitrogen and oxygen atoms in total. The van der Waals surface area contributed by atoms with Crippen LogP contribution in [0.1, 0.15) is 25.7 Å². The number of hydrogen-bond acceptors (Lipinski definition) is 3. The molecule has 18 heavy (non-hydrogen) atoms. The van der Waals surface area contributed by atoms with Crippen LogP contribution in [0.5, 0.6) is 0 Å². The highest BCUT2D eigenvalue weighted by molar-refractivity contribution is 5.89. The summed E-state index contributed by atoms with van der Waals surface area (Å²) in [5, 5.41) is 3.54. The van der Waals surface area contributed by atoms with Gasteiger partial charge in [-0.05, 0) is 31.0 Å². The van der Waals surface area contributed by atoms with E-state index in [4.69, 9.17) is 4.74 Å². The molecule has 0 aromatic heterocycles. The Kier molecular flexibility index (Phi) is 3.09. The third kappa shape index (κ3) is 2.28. The van der Waals surface area contributed by atoms with E-state index in [9.17, 15) is 4.79 Å². The van der Waals surface area contributed by atoms with Gasteiger partial charge in [0, 0.05) is 17.4 Å². The Hall–Kier alpha value is -1.71. The summed E-state index contributed by atoms with van der Waals surface area (Å²) in [4.78, 5) is 13.2. The normalized spacial score (nSPS) is 20.2. The fourth-order valence-electron chi connectivity index (χ4n) is 2.70. The van der Waals surface area contributed by atoms with Gasteiger partial charge in [-0.25, -0.2) is 4.79 Å². The molecular formula is C14H18N2O2. The molecule has 1 saturated carbocycles. The molecule has 1 aliphatic heterocycles. The van der Waals surface area contributed by atoms with E-state index >= 15 is 0 Å². The average molecular weight is 246 g/mol. The standard InChI is InChI=1S/C14H18N2O2/c17-14-16(8-9-18-14)13-7-3-6-12(10-13)15-11-4-1-2-5-11/h3,6-7,10-11,15H,1-2,4-5,8-9H2. The zero-order valence-electron chi connectivity index (χ0n) is 10.4. The first-order chi connectivity index (χ1) is 8.83. The van der Waals surface area contributed by atoms with Crippen molar-refractivity contribution in [3.63, 3.8) is 0 Å². The number of nitrogens with one attached hydrogen (secondary N) is 1. The molecule has 1 aromatic rings. The van der Waals surface area contributed by atoms with Crippen molar-refractivity contribution in [2.75, 3.05) is 23.4 Å². The Bertz CT molecular complexity index is 441. The Balaban J connectivity index is 1.73. The van der Waals surface area contributed by atoms with E-state index in [2.05, 4.69) is 11.4 Å². The second-order valence-electron chi connectivity index (χ2n) is 4.94. The van der Waals surface area contributed by atoms with Crippen molar-refractivity contribution in [3.05, 3.63) is 24.3 Å². The first-order valence-electron chi connectivity index (χ1n) is 6.64. The van der Waals surface area contributed by atoms with Crippen molar-refractivity contribution in [3.8, 4) is 0 Å². The molecule has 4 heteroatoms. The molecule has 1 saturated heterocycles. The van der Waals surface area contributed by atoms with E-state index in [0.29, 0.717) is 19.2 Å². The van der Waals surface area contributed by atoms with Crippen LogP contribution in [-0.4, -0.2) is 25.3 Å². The molecule has 96 valence electrons. The molecule has 0 atom stereocenters. The lowest BCUT2D eigenvalue weighted by atomic mass is 10.2. The fraction of sp³-hybridized carbons (Fsp3) is 0.500. The van der Waals surface area contributed by atoms with Crippen LogP contribution in [0.2, 0.25) is 0 Å². The van der Waals surface area contributed by atoms with Gasteiger partial charge >= 0.3 is 6.09 Å². The largest absolute Gasteiger partial charge is 0.447 e. The minimum Gasteiger partial charge on any atom is -0.447 e. The summed E-state index contributed by atoms with van der Waals surface area (Å²) in [5.41, 5.74) is 2.01. The van der Waals surface area contributed by atoms with Crippen LogP contribution in [0.25, 0.3) is 0 Å². The molecule has 1 aliphatic carbocycles. The summed E-state index contributed by atoms with van der Waals surface area (Å²) in [6, 6.07) is 8.62. The molecule has 0 unspecified atom stereocenters. The van der Waals surface area contributed by atoms with Crippen molar-refractivity contribution in [2.24, 2.45) is 0 Å². The number of anilines is 2. The fourth-order valence-corrected chi connectivity index (χ4v) is 2.70. The molecule has 1 heterocycles. The molecule has 1 N–H and O–H groups in total. The van der Waals surface area contributed by atoms with Crippen LogP contribution in [0.4, 0.5) is 16.2 Å². The van der Waals surface area contributed by atoms with Gasteiger partial charge in [0.25, 0.3) is 0 Å². The van der Waals surface area contributed by atoms with Crippen molar-refractivity contribution >= 4 is 17.5 Å². The van der Waals surface area contributed by atoms with Gasteiger partial charge in [0.1, 0.15) is 6.61 Å². The lowest BCUT2D eigenvalue weighted by Gasteiger charge is -2.17. The number of carbonyl (C=O) groups is 1. The summed E-state index contributed by atoms with van der Waals surface area (Å²) in [7, 11) is 0. The number of hydrogen-bond donors (Lipinski definition) is 1. The van der Waals surface area contributed by atoms with Crippen LogP contribution in [-0.2, 0) is 4.74 Å². The van der Waals surface area contributed by atoms with Gasteiger partial charge in [-0.2, -0.15) is 0 Å². The van der Waals surface area contributed by atoms with E-state index in [1.54, 1.807) is 4.90 Å². The summed E-state index contributed by atoms with van der Waals surface area (Å²) < 4.78 is 4.96. The van der Waals surface area contributed by atoms with Gasteiger partial charge in [0.15, 0.2) is 0 Å². The van der Waals surface area contributed by atoms with E-state index in [1.165, 1.54) is 25.7 Å². The number of ether oxygens (including phenoxy) is 1. The van der Waals surface area contributed by atoms with Gasteiger partial charge in [0.2, 0.25) is 0 Å². The molecule has 0 radical (unpaired) electrons. The van der Waals surface area contributed by atoms with Gasteiger partial charge < -0.3 is 10.1 Å². The molecular weight excluding hydrogens is 228 g/mol. The van der Waals surface area contributed by atoms with Crippen LogP contribution in [0, 0.1) is 0 Å². The van der Waals surface area contributed by atoms with Crippen molar-refractivity contribution in [1.82, 2.24) is 0 Å². The molecule has 1 amide bonds. The Morgan fingerprint density at radius 3 is 2.83 bits per heavy atom. The first kappa shape index (κ1) is 11.4. The van der Waals surface area contributed by atoms with Crippen LogP contribution < -0.4 is 10.2 Å². The highest BCUT2D eigenvalue weighted by Crippen LogP contribution is 2.26. The third-order valence-electron chi connectivity index (χ3n) is 3.64. The highest BCUT2D eigenvalue weighted by Gasteiger charge is 2.23. The maximum Gasteiger partial charge on any atom is 0.414 e. The van der Waals surface area contributed by atoms with E-state index in [1.807, 2.05) is 18.2 Å². The number of carbonyl (C=O) groups excluding carboxylic acids is 1. The quantitative estimate of drug-likeness (QED) is 0.891. The highest BCUT2D eigenvalue weighted by atomic mass is 16.6. The second kappa shape index (κ2) is 4.88. The van der Waals surface area contributed by atoms with Gasteiger partial charge in [0.05, 0.1) is 6.54 Å². The molecule has 3 rings (SSSR count). The van der Waals surface area contributed by atoms with Crippen LogP contribution in [0.15, 0.2) is 24.3 Å². The predicted octanol–water partition coefficient (Wildman–Crippen LogP) is 3.00. The molecule has 2 fully saturated rings. The number of cyclic esters (lactones) is 1. The van der Waals surface area contributed by atoms with Crippen LogP contribution in [0.3, 0.4) is 0 Å². The molecule has 0 bridgehead atoms. The Morgan fingerprint density at radius 2 is 2.11 bits per heavy atom. The monoisotopic (exact) mass is 246 g/mol. The number of amides is 1. The number of nitrogens with zero attached hydrogens (tertiary/aromatic N) is 1. The van der Waals surface area contributed by atoms with Crippen molar-refractivity contribution < 1.29 is 9.53 Å². The summed E-state index contributed by atoms with van der Waals surface area (Å²) in [5.74, 6) is 0. The molecule has 0 spiro atoms. The minimum atomic E-state index is -0.243. The lowest BCUT2D eigenvalue weighted by Crippen LogP contribution is -2.23. The zero-order chi connectivity index (χ0) is 12.4. The molecule has 2 aliphatic rings. The number of benzene rings is 1. The Morgan fingerprint density at radius 1 is 1.28 bits per heavy atom. The third-order valence-corrected chi connectivity index (χ3v) is 3.64. The maximum absolute atomic E-state index is 11.5. The van der Waals surface area contributed by atoms with Crippen molar-refractivity contribution in [1.29, 1.82) is 0 Å². The van der Waals surface area contributed by atoms with Gasteiger partial charge in [-0.1, -0.05) is 18.9 Å². The maximum atomic E-state index is 11.5.